The van der Waals surface area contributed by atoms with Gasteiger partial charge in [-0.3, -0.25) is 4.79 Å². The highest BCUT2D eigenvalue weighted by Crippen LogP contribution is 2.29. The third kappa shape index (κ3) is 4.97. The summed E-state index contributed by atoms with van der Waals surface area (Å²) in [7, 11) is 1.58. The van der Waals surface area contributed by atoms with Crippen LogP contribution >= 0.6 is 11.6 Å². The largest absolute Gasteiger partial charge is 0.493 e. The highest BCUT2D eigenvalue weighted by molar-refractivity contribution is 6.30. The van der Waals surface area contributed by atoms with E-state index in [1.165, 1.54) is 0 Å². The van der Waals surface area contributed by atoms with Crippen LogP contribution in [0.2, 0.25) is 5.02 Å². The first-order chi connectivity index (χ1) is 12.2. The van der Waals surface area contributed by atoms with E-state index in [0.717, 1.165) is 24.0 Å². The van der Waals surface area contributed by atoms with E-state index < -0.39 is 0 Å². The van der Waals surface area contributed by atoms with Gasteiger partial charge in [0.25, 0.3) is 0 Å². The van der Waals surface area contributed by atoms with Crippen LogP contribution in [0.25, 0.3) is 0 Å². The number of hydrazone groups is 1. The maximum absolute atomic E-state index is 11.5. The van der Waals surface area contributed by atoms with Gasteiger partial charge in [-0.1, -0.05) is 23.7 Å². The molecular weight excluding hydrogens is 340 g/mol. The van der Waals surface area contributed by atoms with E-state index >= 15 is 0 Å². The zero-order valence-corrected chi connectivity index (χ0v) is 14.6. The molecule has 130 valence electrons. The summed E-state index contributed by atoms with van der Waals surface area (Å²) < 4.78 is 11.2. The van der Waals surface area contributed by atoms with Gasteiger partial charge in [-0.05, 0) is 54.3 Å². The molecular formula is C19H19ClN2O3. The third-order valence-corrected chi connectivity index (χ3v) is 4.08. The summed E-state index contributed by atoms with van der Waals surface area (Å²) in [6.45, 7) is 0.415. The molecule has 0 heterocycles. The lowest BCUT2D eigenvalue weighted by atomic mass is 10.2. The van der Waals surface area contributed by atoms with Gasteiger partial charge in [0.05, 0.1) is 13.3 Å². The fourth-order valence-electron chi connectivity index (χ4n) is 2.23. The molecule has 6 heteroatoms. The molecule has 1 fully saturated rings. The summed E-state index contributed by atoms with van der Waals surface area (Å²) in [5.74, 6) is 1.35. The molecule has 0 saturated heterocycles. The number of methoxy groups -OCH3 is 1. The molecule has 0 radical (unpaired) electrons. The predicted molar refractivity (Wildman–Crippen MR) is 97.2 cm³/mol. The van der Waals surface area contributed by atoms with Gasteiger partial charge >= 0.3 is 0 Å². The number of ether oxygens (including phenoxy) is 2. The van der Waals surface area contributed by atoms with E-state index in [2.05, 4.69) is 10.5 Å². The topological polar surface area (TPSA) is 59.9 Å². The van der Waals surface area contributed by atoms with Crippen molar-refractivity contribution in [3.63, 3.8) is 0 Å². The predicted octanol–water partition coefficient (Wildman–Crippen LogP) is 3.79. The molecule has 0 bridgehead atoms. The number of hydrogen-bond donors (Lipinski definition) is 1. The minimum atomic E-state index is -0.0221. The number of hydrogen-bond acceptors (Lipinski definition) is 4. The van der Waals surface area contributed by atoms with Crippen LogP contribution in [0, 0.1) is 5.92 Å². The molecule has 25 heavy (non-hydrogen) atoms. The second-order valence-corrected chi connectivity index (χ2v) is 6.27. The Bertz CT molecular complexity index is 771. The zero-order chi connectivity index (χ0) is 17.6. The average molecular weight is 359 g/mol. The molecule has 0 unspecified atom stereocenters. The molecule has 2 aromatic carbocycles. The van der Waals surface area contributed by atoms with Gasteiger partial charge < -0.3 is 9.47 Å². The van der Waals surface area contributed by atoms with Gasteiger partial charge in [0.1, 0.15) is 6.61 Å². The summed E-state index contributed by atoms with van der Waals surface area (Å²) in [4.78, 5) is 11.5. The number of amides is 1. The van der Waals surface area contributed by atoms with Crippen molar-refractivity contribution in [2.75, 3.05) is 7.11 Å². The van der Waals surface area contributed by atoms with Crippen molar-refractivity contribution in [2.45, 2.75) is 19.4 Å². The van der Waals surface area contributed by atoms with Crippen LogP contribution in [0.1, 0.15) is 24.0 Å². The summed E-state index contributed by atoms with van der Waals surface area (Å²) in [6, 6.07) is 13.0. The monoisotopic (exact) mass is 358 g/mol. The first kappa shape index (κ1) is 17.3. The van der Waals surface area contributed by atoms with Crippen molar-refractivity contribution < 1.29 is 14.3 Å². The Morgan fingerprint density at radius 2 is 2.00 bits per heavy atom. The van der Waals surface area contributed by atoms with Gasteiger partial charge in [0, 0.05) is 10.9 Å². The highest BCUT2D eigenvalue weighted by atomic mass is 35.5. The van der Waals surface area contributed by atoms with Crippen molar-refractivity contribution in [3.05, 3.63) is 58.6 Å². The fourth-order valence-corrected chi connectivity index (χ4v) is 2.36. The van der Waals surface area contributed by atoms with E-state index in [-0.39, 0.29) is 11.8 Å². The Labute approximate surface area is 151 Å². The van der Waals surface area contributed by atoms with Crippen molar-refractivity contribution in [3.8, 4) is 11.5 Å². The van der Waals surface area contributed by atoms with Crippen LogP contribution in [-0.4, -0.2) is 19.2 Å². The first-order valence-corrected chi connectivity index (χ1v) is 8.41. The Morgan fingerprint density at radius 1 is 1.24 bits per heavy atom. The van der Waals surface area contributed by atoms with Crippen LogP contribution < -0.4 is 14.9 Å². The van der Waals surface area contributed by atoms with Crippen molar-refractivity contribution in [1.82, 2.24) is 5.43 Å². The van der Waals surface area contributed by atoms with Gasteiger partial charge in [0.15, 0.2) is 11.5 Å². The summed E-state index contributed by atoms with van der Waals surface area (Å²) >= 11 is 5.88. The Morgan fingerprint density at radius 3 is 2.68 bits per heavy atom. The lowest BCUT2D eigenvalue weighted by molar-refractivity contribution is -0.122. The molecule has 1 aliphatic carbocycles. The third-order valence-electron chi connectivity index (χ3n) is 3.83. The van der Waals surface area contributed by atoms with Crippen LogP contribution in [0.15, 0.2) is 47.6 Å². The summed E-state index contributed by atoms with van der Waals surface area (Å²) in [6.07, 6.45) is 3.50. The smallest absolute Gasteiger partial charge is 0.243 e. The van der Waals surface area contributed by atoms with Crippen LogP contribution in [0.3, 0.4) is 0 Å². The first-order valence-electron chi connectivity index (χ1n) is 8.04. The Kier molecular flexibility index (Phi) is 5.56. The Hall–Kier alpha value is -2.53. The standard InChI is InChI=1S/C19H19ClN2O3/c1-24-18-10-14(11-21-22-19(23)15-5-6-15)4-9-17(18)25-12-13-2-7-16(20)8-3-13/h2-4,7-11,15H,5-6,12H2,1H3,(H,22,23). The molecule has 1 saturated carbocycles. The molecule has 0 atom stereocenters. The van der Waals surface area contributed by atoms with E-state index in [4.69, 9.17) is 21.1 Å². The fraction of sp³-hybridized carbons (Fsp3) is 0.263. The minimum absolute atomic E-state index is 0.0221. The van der Waals surface area contributed by atoms with E-state index in [1.807, 2.05) is 42.5 Å². The normalized spacial score (nSPS) is 13.7. The second-order valence-electron chi connectivity index (χ2n) is 5.83. The number of halogens is 1. The number of carbonyl (C=O) groups excluding carboxylic acids is 1. The maximum Gasteiger partial charge on any atom is 0.243 e. The maximum atomic E-state index is 11.5. The van der Waals surface area contributed by atoms with Crippen LogP contribution in [0.4, 0.5) is 0 Å². The quantitative estimate of drug-likeness (QED) is 0.605. The van der Waals surface area contributed by atoms with Crippen molar-refractivity contribution in [2.24, 2.45) is 11.0 Å². The molecule has 3 rings (SSSR count). The van der Waals surface area contributed by atoms with Gasteiger partial charge in [0.2, 0.25) is 5.91 Å². The molecule has 0 aliphatic heterocycles. The molecule has 0 spiro atoms. The van der Waals surface area contributed by atoms with E-state index in [0.29, 0.717) is 23.1 Å². The molecule has 2 aromatic rings. The lowest BCUT2D eigenvalue weighted by Gasteiger charge is -2.11. The Balaban J connectivity index is 1.61. The van der Waals surface area contributed by atoms with E-state index in [1.54, 1.807) is 13.3 Å². The highest BCUT2D eigenvalue weighted by Gasteiger charge is 2.29. The van der Waals surface area contributed by atoms with E-state index in [9.17, 15) is 4.79 Å². The number of rotatable bonds is 7. The number of nitrogens with one attached hydrogen (secondary N) is 1. The van der Waals surface area contributed by atoms with Gasteiger partial charge in [-0.2, -0.15) is 5.10 Å². The molecule has 0 aromatic heterocycles. The number of benzene rings is 2. The van der Waals surface area contributed by atoms with Crippen molar-refractivity contribution >= 4 is 23.7 Å². The summed E-state index contributed by atoms with van der Waals surface area (Å²) in [5, 5.41) is 4.67. The SMILES string of the molecule is COc1cc(C=NNC(=O)C2CC2)ccc1OCc1ccc(Cl)cc1. The van der Waals surface area contributed by atoms with Crippen LogP contribution in [0.5, 0.6) is 11.5 Å². The molecule has 1 N–H and O–H groups in total. The molecule has 1 amide bonds. The lowest BCUT2D eigenvalue weighted by Crippen LogP contribution is -2.18. The van der Waals surface area contributed by atoms with Gasteiger partial charge in [-0.15, -0.1) is 0 Å². The zero-order valence-electron chi connectivity index (χ0n) is 13.9. The summed E-state index contributed by atoms with van der Waals surface area (Å²) in [5.41, 5.74) is 4.37. The number of nitrogens with zero attached hydrogens (tertiary/aromatic N) is 1. The second kappa shape index (κ2) is 8.03. The minimum Gasteiger partial charge on any atom is -0.493 e. The van der Waals surface area contributed by atoms with Crippen LogP contribution in [-0.2, 0) is 11.4 Å². The average Bonchev–Trinajstić information content (AvgIpc) is 3.47. The molecule has 5 nitrogen and oxygen atoms in total. The van der Waals surface area contributed by atoms with Gasteiger partial charge in [-0.25, -0.2) is 5.43 Å². The number of carbonyl (C=O) groups is 1. The van der Waals surface area contributed by atoms with Crippen molar-refractivity contribution in [1.29, 1.82) is 0 Å². The molecule has 1 aliphatic rings.